The summed E-state index contributed by atoms with van der Waals surface area (Å²) < 4.78 is 13.2. The van der Waals surface area contributed by atoms with Crippen molar-refractivity contribution >= 4 is 28.5 Å². The fraction of sp³-hybridized carbons (Fsp3) is 0.393. The lowest BCUT2D eigenvalue weighted by Crippen LogP contribution is -2.32. The molecular weight excluding hydrogens is 476 g/mol. The minimum absolute atomic E-state index is 0.205. The topological polar surface area (TPSA) is 73.4 Å². The molecule has 2 heterocycles. The fourth-order valence-corrected chi connectivity index (χ4v) is 4.52. The quantitative estimate of drug-likeness (QED) is 0.259. The number of hydrogen-bond donors (Lipinski definition) is 0. The molecule has 0 atom stereocenters. The van der Waals surface area contributed by atoms with Crippen LogP contribution < -0.4 is 0 Å². The first-order chi connectivity index (χ1) is 16.9. The smallest absolute Gasteiger partial charge is 0.320 e. The molecular formula is C28H33ClN4O3. The second-order valence-electron chi connectivity index (χ2n) is 10.5. The van der Waals surface area contributed by atoms with Crippen LogP contribution >= 0.6 is 11.6 Å². The molecule has 0 saturated heterocycles. The molecule has 0 saturated carbocycles. The van der Waals surface area contributed by atoms with Crippen molar-refractivity contribution in [2.24, 2.45) is 0 Å². The fourth-order valence-electron chi connectivity index (χ4n) is 4.26. The molecule has 0 radical (unpaired) electrons. The van der Waals surface area contributed by atoms with Crippen LogP contribution in [0.3, 0.4) is 0 Å². The third-order valence-electron chi connectivity index (χ3n) is 5.96. The van der Waals surface area contributed by atoms with Crippen molar-refractivity contribution in [2.45, 2.75) is 59.7 Å². The van der Waals surface area contributed by atoms with Crippen LogP contribution in [-0.4, -0.2) is 44.8 Å². The Labute approximate surface area is 217 Å². The molecule has 0 spiro atoms. The Morgan fingerprint density at radius 1 is 1.22 bits per heavy atom. The summed E-state index contributed by atoms with van der Waals surface area (Å²) in [4.78, 5) is 18.8. The maximum absolute atomic E-state index is 12.2. The van der Waals surface area contributed by atoms with Gasteiger partial charge in [0.2, 0.25) is 5.82 Å². The SMILES string of the molecule is Cc1c(CN(C)CC(=O)OC(C)(C)C)cccc1-c1noc(-c2ccc3c(c2)c(Cl)cn3C(C)C)n1. The highest BCUT2D eigenvalue weighted by Crippen LogP contribution is 2.33. The van der Waals surface area contributed by atoms with Gasteiger partial charge in [0, 0.05) is 40.8 Å². The monoisotopic (exact) mass is 508 g/mol. The summed E-state index contributed by atoms with van der Waals surface area (Å²) in [5.41, 5.74) is 4.38. The van der Waals surface area contributed by atoms with Gasteiger partial charge in [0.1, 0.15) is 5.60 Å². The van der Waals surface area contributed by atoms with Crippen LogP contribution in [-0.2, 0) is 16.1 Å². The Morgan fingerprint density at radius 2 is 1.97 bits per heavy atom. The molecule has 0 aliphatic rings. The van der Waals surface area contributed by atoms with E-state index in [1.54, 1.807) is 0 Å². The molecule has 2 aromatic carbocycles. The molecule has 8 heteroatoms. The molecule has 0 fully saturated rings. The number of esters is 1. The molecule has 0 bridgehead atoms. The van der Waals surface area contributed by atoms with Gasteiger partial charge in [-0.05, 0) is 77.9 Å². The molecule has 0 aliphatic carbocycles. The summed E-state index contributed by atoms with van der Waals surface area (Å²) in [7, 11) is 1.90. The van der Waals surface area contributed by atoms with Crippen molar-refractivity contribution in [2.75, 3.05) is 13.6 Å². The van der Waals surface area contributed by atoms with Crippen LogP contribution in [0.1, 0.15) is 51.8 Å². The third kappa shape index (κ3) is 5.63. The lowest BCUT2D eigenvalue weighted by Gasteiger charge is -2.23. The maximum atomic E-state index is 12.2. The Kier molecular flexibility index (Phi) is 7.25. The Hall–Kier alpha value is -3.16. The predicted octanol–water partition coefficient (Wildman–Crippen LogP) is 6.67. The zero-order chi connectivity index (χ0) is 26.2. The lowest BCUT2D eigenvalue weighted by molar-refractivity contribution is -0.155. The van der Waals surface area contributed by atoms with Crippen molar-refractivity contribution in [1.29, 1.82) is 0 Å². The highest BCUT2D eigenvalue weighted by Gasteiger charge is 2.20. The van der Waals surface area contributed by atoms with Crippen LogP contribution in [0.15, 0.2) is 47.1 Å². The van der Waals surface area contributed by atoms with Crippen LogP contribution in [0.25, 0.3) is 33.7 Å². The molecule has 2 aromatic heterocycles. The number of aromatic nitrogens is 3. The summed E-state index contributed by atoms with van der Waals surface area (Å²) in [6, 6.07) is 12.3. The Morgan fingerprint density at radius 3 is 2.67 bits per heavy atom. The summed E-state index contributed by atoms with van der Waals surface area (Å²) in [6.45, 7) is 12.7. The predicted molar refractivity (Wildman–Crippen MR) is 143 cm³/mol. The van der Waals surface area contributed by atoms with Crippen molar-refractivity contribution < 1.29 is 14.1 Å². The number of benzene rings is 2. The number of halogens is 1. The van der Waals surface area contributed by atoms with Crippen LogP contribution in [0.2, 0.25) is 5.02 Å². The van der Waals surface area contributed by atoms with Crippen molar-refractivity contribution in [3.8, 4) is 22.8 Å². The number of nitrogens with zero attached hydrogens (tertiary/aromatic N) is 4. The van der Waals surface area contributed by atoms with Gasteiger partial charge in [-0.15, -0.1) is 0 Å². The largest absolute Gasteiger partial charge is 0.459 e. The van der Waals surface area contributed by atoms with Crippen molar-refractivity contribution in [3.63, 3.8) is 0 Å². The zero-order valence-electron chi connectivity index (χ0n) is 21.9. The van der Waals surface area contributed by atoms with E-state index in [9.17, 15) is 4.79 Å². The van der Waals surface area contributed by atoms with Crippen LogP contribution in [0, 0.1) is 6.92 Å². The van der Waals surface area contributed by atoms with Gasteiger partial charge in [0.15, 0.2) is 0 Å². The number of ether oxygens (including phenoxy) is 1. The summed E-state index contributed by atoms with van der Waals surface area (Å²) >= 11 is 6.50. The van der Waals surface area contributed by atoms with Gasteiger partial charge in [-0.1, -0.05) is 35.0 Å². The normalized spacial score (nSPS) is 12.2. The molecule has 7 nitrogen and oxygen atoms in total. The van der Waals surface area contributed by atoms with Crippen LogP contribution in [0.4, 0.5) is 0 Å². The van der Waals surface area contributed by atoms with Gasteiger partial charge in [-0.3, -0.25) is 9.69 Å². The summed E-state index contributed by atoms with van der Waals surface area (Å²) in [6.07, 6.45) is 1.95. The summed E-state index contributed by atoms with van der Waals surface area (Å²) in [5.74, 6) is 0.708. The standard InChI is InChI=1S/C28H33ClN4O3/c1-17(2)33-15-23(29)22-13-19(11-12-24(22)33)27-30-26(31-36-27)21-10-8-9-20(18(21)3)14-32(7)16-25(34)35-28(4,5)6/h8-13,15,17H,14,16H2,1-7H3. The number of likely N-dealkylation sites (N-methyl/N-ethyl adjacent to an activating group) is 1. The second-order valence-corrected chi connectivity index (χ2v) is 10.9. The molecule has 36 heavy (non-hydrogen) atoms. The average molecular weight is 509 g/mol. The lowest BCUT2D eigenvalue weighted by atomic mass is 10.0. The van der Waals surface area contributed by atoms with E-state index in [0.717, 1.165) is 33.2 Å². The number of carbonyl (C=O) groups is 1. The van der Waals surface area contributed by atoms with Gasteiger partial charge in [0.05, 0.1) is 11.6 Å². The first-order valence-corrected chi connectivity index (χ1v) is 12.4. The summed E-state index contributed by atoms with van der Waals surface area (Å²) in [5, 5.41) is 5.90. The van der Waals surface area contributed by atoms with Gasteiger partial charge >= 0.3 is 5.97 Å². The van der Waals surface area contributed by atoms with Gasteiger partial charge in [0.25, 0.3) is 5.89 Å². The van der Waals surface area contributed by atoms with Crippen molar-refractivity contribution in [1.82, 2.24) is 19.6 Å². The second kappa shape index (κ2) is 10.1. The maximum Gasteiger partial charge on any atom is 0.320 e. The van der Waals surface area contributed by atoms with Gasteiger partial charge in [-0.25, -0.2) is 0 Å². The molecule has 0 N–H and O–H groups in total. The van der Waals surface area contributed by atoms with Crippen LogP contribution in [0.5, 0.6) is 0 Å². The molecule has 4 aromatic rings. The van der Waals surface area contributed by atoms with Crippen molar-refractivity contribution in [3.05, 3.63) is 58.7 Å². The first kappa shape index (κ1) is 25.9. The Balaban J connectivity index is 1.55. The van der Waals surface area contributed by atoms with E-state index in [0.29, 0.717) is 29.3 Å². The third-order valence-corrected chi connectivity index (χ3v) is 6.26. The van der Waals surface area contributed by atoms with E-state index >= 15 is 0 Å². The van der Waals surface area contributed by atoms with E-state index in [-0.39, 0.29) is 12.5 Å². The zero-order valence-corrected chi connectivity index (χ0v) is 22.7. The van der Waals surface area contributed by atoms with Gasteiger partial charge < -0.3 is 13.8 Å². The van der Waals surface area contributed by atoms with E-state index in [1.165, 1.54) is 0 Å². The first-order valence-electron chi connectivity index (χ1n) is 12.1. The van der Waals surface area contributed by atoms with E-state index in [2.05, 4.69) is 28.6 Å². The average Bonchev–Trinajstić information content (AvgIpc) is 3.39. The number of fused-ring (bicyclic) bond motifs is 1. The Bertz CT molecular complexity index is 1400. The highest BCUT2D eigenvalue weighted by atomic mass is 35.5. The highest BCUT2D eigenvalue weighted by molar-refractivity contribution is 6.35. The molecule has 0 unspecified atom stereocenters. The minimum Gasteiger partial charge on any atom is -0.459 e. The number of carbonyl (C=O) groups excluding carboxylic acids is 1. The molecule has 0 amide bonds. The number of hydrogen-bond acceptors (Lipinski definition) is 6. The van der Waals surface area contributed by atoms with E-state index in [4.69, 9.17) is 20.9 Å². The van der Waals surface area contributed by atoms with E-state index < -0.39 is 5.60 Å². The number of rotatable bonds is 7. The van der Waals surface area contributed by atoms with Gasteiger partial charge in [-0.2, -0.15) is 4.98 Å². The minimum atomic E-state index is -0.502. The molecule has 190 valence electrons. The molecule has 0 aliphatic heterocycles. The molecule has 4 rings (SSSR count). The van der Waals surface area contributed by atoms with E-state index in [1.807, 2.05) is 82.2 Å².